The Morgan fingerprint density at radius 1 is 1.23 bits per heavy atom. The Balaban J connectivity index is 2.01. The van der Waals surface area contributed by atoms with E-state index in [1.165, 1.54) is 6.07 Å². The summed E-state index contributed by atoms with van der Waals surface area (Å²) in [6.07, 6.45) is 1.25. The summed E-state index contributed by atoms with van der Waals surface area (Å²) in [5, 5.41) is 0. The topological polar surface area (TPSA) is 79.8 Å². The van der Waals surface area contributed by atoms with E-state index in [9.17, 15) is 13.2 Å². The van der Waals surface area contributed by atoms with Gasteiger partial charge < -0.3 is 9.64 Å². The lowest BCUT2D eigenvalue weighted by Crippen LogP contribution is -2.47. The Morgan fingerprint density at radius 3 is 2.58 bits per heavy atom. The minimum Gasteiger partial charge on any atom is -0.462 e. The summed E-state index contributed by atoms with van der Waals surface area (Å²) in [7, 11) is -3.83. The van der Waals surface area contributed by atoms with Crippen LogP contribution in [0.3, 0.4) is 0 Å². The van der Waals surface area contributed by atoms with Crippen LogP contribution in [-0.2, 0) is 19.6 Å². The highest BCUT2D eigenvalue weighted by Gasteiger charge is 2.38. The van der Waals surface area contributed by atoms with E-state index in [0.717, 1.165) is 15.6 Å². The summed E-state index contributed by atoms with van der Waals surface area (Å²) in [5.74, 6) is -0.232. The fraction of sp³-hybridized carbons (Fsp3) is 0.333. The van der Waals surface area contributed by atoms with Crippen molar-refractivity contribution < 1.29 is 17.9 Å². The molecule has 0 aliphatic carbocycles. The number of aryl methyl sites for hydroxylation is 1. The molecule has 7 nitrogen and oxygen atoms in total. The van der Waals surface area contributed by atoms with Gasteiger partial charge in [-0.25, -0.2) is 13.4 Å². The third kappa shape index (κ3) is 3.56. The van der Waals surface area contributed by atoms with Gasteiger partial charge in [0.15, 0.2) is 5.82 Å². The Bertz CT molecular complexity index is 910. The van der Waals surface area contributed by atoms with E-state index in [4.69, 9.17) is 4.74 Å². The maximum absolute atomic E-state index is 12.9. The highest BCUT2D eigenvalue weighted by molar-refractivity contribution is 7.89. The van der Waals surface area contributed by atoms with Gasteiger partial charge in [-0.05, 0) is 45.0 Å². The van der Waals surface area contributed by atoms with Gasteiger partial charge in [0.2, 0.25) is 10.0 Å². The van der Waals surface area contributed by atoms with Crippen LogP contribution in [0.4, 0.5) is 11.5 Å². The first kappa shape index (κ1) is 18.3. The fourth-order valence-electron chi connectivity index (χ4n) is 2.73. The monoisotopic (exact) mass is 375 g/mol. The number of hydrogen-bond acceptors (Lipinski definition) is 6. The van der Waals surface area contributed by atoms with Crippen molar-refractivity contribution in [3.8, 4) is 0 Å². The number of nitrogens with zero attached hydrogens (tertiary/aromatic N) is 3. The average molecular weight is 375 g/mol. The van der Waals surface area contributed by atoms with Gasteiger partial charge in [0.25, 0.3) is 0 Å². The van der Waals surface area contributed by atoms with Gasteiger partial charge in [-0.1, -0.05) is 17.7 Å². The largest absolute Gasteiger partial charge is 0.462 e. The van der Waals surface area contributed by atoms with Crippen LogP contribution in [0.1, 0.15) is 19.4 Å². The molecule has 0 radical (unpaired) electrons. The van der Waals surface area contributed by atoms with Crippen molar-refractivity contribution in [2.75, 3.05) is 18.1 Å². The number of sulfonamides is 1. The van der Waals surface area contributed by atoms with Gasteiger partial charge in [-0.2, -0.15) is 4.31 Å². The van der Waals surface area contributed by atoms with Crippen LogP contribution in [0, 0.1) is 6.92 Å². The third-order valence-electron chi connectivity index (χ3n) is 3.94. The Labute approximate surface area is 153 Å². The Hall–Kier alpha value is -2.45. The minimum atomic E-state index is -3.83. The van der Waals surface area contributed by atoms with Gasteiger partial charge in [0.1, 0.15) is 11.4 Å². The van der Waals surface area contributed by atoms with Crippen molar-refractivity contribution in [2.24, 2.45) is 0 Å². The molecule has 1 aliphatic heterocycles. The first-order valence-electron chi connectivity index (χ1n) is 8.28. The second-order valence-electron chi connectivity index (χ2n) is 6.38. The molecule has 2 heterocycles. The second-order valence-corrected chi connectivity index (χ2v) is 8.29. The molecule has 0 spiro atoms. The van der Waals surface area contributed by atoms with Crippen molar-refractivity contribution in [2.45, 2.75) is 31.8 Å². The number of benzene rings is 1. The van der Waals surface area contributed by atoms with Crippen LogP contribution in [0.15, 0.2) is 47.5 Å². The molecule has 0 atom stereocenters. The number of hydrogen-bond donors (Lipinski definition) is 0. The number of carbonyl (C=O) groups excluding carboxylic acids is 1. The number of anilines is 2. The summed E-state index contributed by atoms with van der Waals surface area (Å²) < 4.78 is 32.0. The van der Waals surface area contributed by atoms with E-state index in [1.807, 2.05) is 31.2 Å². The minimum absolute atomic E-state index is 0.0113. The second kappa shape index (κ2) is 7.05. The number of rotatable bonds is 4. The van der Waals surface area contributed by atoms with Crippen LogP contribution in [0.2, 0.25) is 0 Å². The highest BCUT2D eigenvalue weighted by atomic mass is 32.2. The predicted molar refractivity (Wildman–Crippen MR) is 97.5 cm³/mol. The molecule has 0 N–H and O–H groups in total. The molecule has 1 aromatic carbocycles. The van der Waals surface area contributed by atoms with Gasteiger partial charge in [0.05, 0.1) is 12.8 Å². The average Bonchev–Trinajstić information content (AvgIpc) is 2.58. The zero-order valence-electron chi connectivity index (χ0n) is 14.9. The van der Waals surface area contributed by atoms with Gasteiger partial charge in [-0.15, -0.1) is 0 Å². The fourth-order valence-corrected chi connectivity index (χ4v) is 4.20. The van der Waals surface area contributed by atoms with E-state index in [-0.39, 0.29) is 24.2 Å². The molecule has 0 fully saturated rings. The molecule has 0 amide bonds. The molecule has 0 bridgehead atoms. The zero-order valence-corrected chi connectivity index (χ0v) is 15.7. The van der Waals surface area contributed by atoms with Crippen molar-refractivity contribution in [3.05, 3.63) is 48.2 Å². The van der Waals surface area contributed by atoms with Crippen LogP contribution in [0.5, 0.6) is 0 Å². The van der Waals surface area contributed by atoms with Crippen molar-refractivity contribution in [1.82, 2.24) is 9.29 Å². The number of carbonyl (C=O) groups is 1. The summed E-state index contributed by atoms with van der Waals surface area (Å²) in [5.41, 5.74) is 1.89. The summed E-state index contributed by atoms with van der Waals surface area (Å²) in [4.78, 5) is 18.2. The van der Waals surface area contributed by atoms with Crippen molar-refractivity contribution in [1.29, 1.82) is 0 Å². The molecule has 0 unspecified atom stereocenters. The van der Waals surface area contributed by atoms with Crippen molar-refractivity contribution >= 4 is 27.5 Å². The maximum atomic E-state index is 12.9. The number of pyridine rings is 1. The normalized spacial score (nSPS) is 16.4. The van der Waals surface area contributed by atoms with Crippen molar-refractivity contribution in [3.63, 3.8) is 0 Å². The van der Waals surface area contributed by atoms with E-state index in [1.54, 1.807) is 31.0 Å². The van der Waals surface area contributed by atoms with Gasteiger partial charge >= 0.3 is 5.97 Å². The lowest BCUT2D eigenvalue weighted by atomic mass is 10.2. The van der Waals surface area contributed by atoms with Gasteiger partial charge in [0, 0.05) is 11.9 Å². The predicted octanol–water partition coefficient (Wildman–Crippen LogP) is 2.44. The SMILES string of the molecule is Cc1ccc(N2CN(CC(=O)OC(C)C)S(=O)(=O)c3cccnc32)cc1. The summed E-state index contributed by atoms with van der Waals surface area (Å²) in [6.45, 7) is 5.06. The number of fused-ring (bicyclic) bond motifs is 1. The van der Waals surface area contributed by atoms with E-state index >= 15 is 0 Å². The lowest BCUT2D eigenvalue weighted by molar-refractivity contribution is -0.147. The lowest BCUT2D eigenvalue weighted by Gasteiger charge is -2.36. The number of ether oxygens (including phenoxy) is 1. The highest BCUT2D eigenvalue weighted by Crippen LogP contribution is 2.35. The van der Waals surface area contributed by atoms with E-state index in [2.05, 4.69) is 4.98 Å². The van der Waals surface area contributed by atoms with E-state index < -0.39 is 16.0 Å². The molecular weight excluding hydrogens is 354 g/mol. The Kier molecular flexibility index (Phi) is 4.97. The first-order chi connectivity index (χ1) is 12.3. The first-order valence-corrected chi connectivity index (χ1v) is 9.72. The molecule has 8 heteroatoms. The molecule has 0 saturated carbocycles. The Morgan fingerprint density at radius 2 is 1.92 bits per heavy atom. The smallest absolute Gasteiger partial charge is 0.321 e. The van der Waals surface area contributed by atoms with Crippen LogP contribution < -0.4 is 4.90 Å². The molecule has 3 rings (SSSR count). The van der Waals surface area contributed by atoms with Gasteiger partial charge in [-0.3, -0.25) is 4.79 Å². The number of esters is 1. The zero-order chi connectivity index (χ0) is 18.9. The van der Waals surface area contributed by atoms with Crippen LogP contribution >= 0.6 is 0 Å². The summed E-state index contributed by atoms with van der Waals surface area (Å²) in [6, 6.07) is 10.8. The molecule has 138 valence electrons. The quantitative estimate of drug-likeness (QED) is 0.764. The van der Waals surface area contributed by atoms with Crippen LogP contribution in [0.25, 0.3) is 0 Å². The molecule has 1 aromatic heterocycles. The number of aromatic nitrogens is 1. The maximum Gasteiger partial charge on any atom is 0.321 e. The molecular formula is C18H21N3O4S. The summed E-state index contributed by atoms with van der Waals surface area (Å²) >= 11 is 0. The van der Waals surface area contributed by atoms with E-state index in [0.29, 0.717) is 5.82 Å². The van der Waals surface area contributed by atoms with Crippen LogP contribution in [-0.4, -0.2) is 43.0 Å². The standard InChI is InChI=1S/C18H21N3O4S/c1-13(2)25-17(22)11-20-12-21(15-8-6-14(3)7-9-15)18-16(26(20,23)24)5-4-10-19-18/h4-10,13H,11-12H2,1-3H3. The molecule has 1 aliphatic rings. The molecule has 2 aromatic rings. The molecule has 26 heavy (non-hydrogen) atoms. The third-order valence-corrected chi connectivity index (χ3v) is 5.74. The molecule has 0 saturated heterocycles.